The number of piperidine rings is 1. The molecule has 8 heteroatoms. The zero-order valence-corrected chi connectivity index (χ0v) is 18.8. The summed E-state index contributed by atoms with van der Waals surface area (Å²) in [5, 5.41) is 0. The van der Waals surface area contributed by atoms with Crippen LogP contribution in [0.15, 0.2) is 47.1 Å². The van der Waals surface area contributed by atoms with Gasteiger partial charge in [-0.05, 0) is 51.6 Å². The van der Waals surface area contributed by atoms with Crippen LogP contribution in [0, 0.1) is 5.92 Å². The molecule has 1 aromatic carbocycles. The first kappa shape index (κ1) is 23.7. The quantitative estimate of drug-likeness (QED) is 0.579. The second-order valence-electron chi connectivity index (χ2n) is 7.91. The number of carbonyl (C=O) groups is 1. The number of carbonyl (C=O) groups excluding carboxylic acids is 1. The Morgan fingerprint density at radius 2 is 1.93 bits per heavy atom. The number of sulfone groups is 1. The second-order valence-corrected chi connectivity index (χ2v) is 10.0. The van der Waals surface area contributed by atoms with E-state index >= 15 is 0 Å². The fourth-order valence-corrected chi connectivity index (χ4v) is 5.21. The average molecular weight is 443 g/mol. The van der Waals surface area contributed by atoms with Crippen LogP contribution in [0.3, 0.4) is 0 Å². The molecule has 1 amide bonds. The van der Waals surface area contributed by atoms with Gasteiger partial charge in [0.1, 0.15) is 11.9 Å². The summed E-state index contributed by atoms with van der Waals surface area (Å²) in [6.45, 7) is 2.16. The molecule has 1 aromatic rings. The molecule has 2 heterocycles. The SMILES string of the molecule is CN(C)CC1=CC2CCN(C(=O)CCCCS(=O)(=O)c3ccccc3)CC2O1.Cl. The fourth-order valence-electron chi connectivity index (χ4n) is 3.82. The Balaban J connectivity index is 0.00000300. The van der Waals surface area contributed by atoms with Crippen molar-refractivity contribution in [1.29, 1.82) is 0 Å². The summed E-state index contributed by atoms with van der Waals surface area (Å²) in [4.78, 5) is 16.8. The molecule has 29 heavy (non-hydrogen) atoms. The molecule has 2 atom stereocenters. The molecular weight excluding hydrogens is 412 g/mol. The van der Waals surface area contributed by atoms with Gasteiger partial charge in [0, 0.05) is 18.9 Å². The Bertz CT molecular complexity index is 811. The predicted octanol–water partition coefficient (Wildman–Crippen LogP) is 2.75. The maximum absolute atomic E-state index is 12.5. The molecule has 0 radical (unpaired) electrons. The van der Waals surface area contributed by atoms with E-state index in [1.807, 2.05) is 19.0 Å². The van der Waals surface area contributed by atoms with Crippen LogP contribution in [0.1, 0.15) is 25.7 Å². The van der Waals surface area contributed by atoms with Gasteiger partial charge in [0.2, 0.25) is 5.91 Å². The number of benzene rings is 1. The van der Waals surface area contributed by atoms with E-state index in [0.717, 1.165) is 25.3 Å². The molecule has 3 rings (SSSR count). The molecular formula is C21H31ClN2O4S. The third-order valence-electron chi connectivity index (χ3n) is 5.29. The molecule has 2 unspecified atom stereocenters. The average Bonchev–Trinajstić information content (AvgIpc) is 3.06. The van der Waals surface area contributed by atoms with E-state index in [4.69, 9.17) is 4.74 Å². The van der Waals surface area contributed by atoms with Gasteiger partial charge >= 0.3 is 0 Å². The summed E-state index contributed by atoms with van der Waals surface area (Å²) in [7, 11) is 0.761. The van der Waals surface area contributed by atoms with Gasteiger partial charge in [-0.2, -0.15) is 0 Å². The summed E-state index contributed by atoms with van der Waals surface area (Å²) < 4.78 is 30.6. The minimum atomic E-state index is -3.27. The lowest BCUT2D eigenvalue weighted by Crippen LogP contribution is -2.45. The normalized spacial score (nSPS) is 21.2. The first-order valence-corrected chi connectivity index (χ1v) is 11.6. The van der Waals surface area contributed by atoms with Crippen LogP contribution in [0.25, 0.3) is 0 Å². The first-order valence-electron chi connectivity index (χ1n) is 9.93. The number of unbranched alkanes of at least 4 members (excludes halogenated alkanes) is 1. The summed E-state index contributed by atoms with van der Waals surface area (Å²) in [6, 6.07) is 8.48. The van der Waals surface area contributed by atoms with Crippen LogP contribution in [0.4, 0.5) is 0 Å². The van der Waals surface area contributed by atoms with Gasteiger partial charge in [0.25, 0.3) is 0 Å². The van der Waals surface area contributed by atoms with Crippen LogP contribution in [0.5, 0.6) is 0 Å². The molecule has 0 aliphatic carbocycles. The first-order chi connectivity index (χ1) is 13.3. The Labute approximate surface area is 180 Å². The van der Waals surface area contributed by atoms with E-state index in [-0.39, 0.29) is 30.2 Å². The predicted molar refractivity (Wildman–Crippen MR) is 116 cm³/mol. The highest BCUT2D eigenvalue weighted by atomic mass is 35.5. The van der Waals surface area contributed by atoms with Gasteiger partial charge in [-0.15, -0.1) is 12.4 Å². The molecule has 2 aliphatic heterocycles. The summed E-state index contributed by atoms with van der Waals surface area (Å²) in [6.07, 6.45) is 4.66. The highest BCUT2D eigenvalue weighted by Gasteiger charge is 2.36. The zero-order chi connectivity index (χ0) is 20.1. The Morgan fingerprint density at radius 3 is 2.62 bits per heavy atom. The third kappa shape index (κ3) is 6.46. The molecule has 0 aromatic heterocycles. The van der Waals surface area contributed by atoms with Crippen LogP contribution in [-0.4, -0.2) is 69.7 Å². The lowest BCUT2D eigenvalue weighted by Gasteiger charge is -2.34. The van der Waals surface area contributed by atoms with Gasteiger partial charge in [-0.1, -0.05) is 18.2 Å². The third-order valence-corrected chi connectivity index (χ3v) is 7.11. The number of rotatable bonds is 8. The van der Waals surface area contributed by atoms with Gasteiger partial charge in [0.15, 0.2) is 9.84 Å². The lowest BCUT2D eigenvalue weighted by atomic mass is 9.94. The monoisotopic (exact) mass is 442 g/mol. The van der Waals surface area contributed by atoms with E-state index in [1.54, 1.807) is 30.3 Å². The molecule has 162 valence electrons. The Hall–Kier alpha value is -1.57. The summed E-state index contributed by atoms with van der Waals surface area (Å²) in [5.41, 5.74) is 0. The highest BCUT2D eigenvalue weighted by molar-refractivity contribution is 7.91. The van der Waals surface area contributed by atoms with Crippen molar-refractivity contribution in [3.63, 3.8) is 0 Å². The highest BCUT2D eigenvalue weighted by Crippen LogP contribution is 2.31. The number of halogens is 1. The van der Waals surface area contributed by atoms with Crippen LogP contribution in [0.2, 0.25) is 0 Å². The molecule has 0 saturated carbocycles. The fraction of sp³-hybridized carbons (Fsp3) is 0.571. The maximum Gasteiger partial charge on any atom is 0.222 e. The van der Waals surface area contributed by atoms with Crippen molar-refractivity contribution in [3.05, 3.63) is 42.2 Å². The van der Waals surface area contributed by atoms with E-state index in [1.165, 1.54) is 0 Å². The van der Waals surface area contributed by atoms with Crippen molar-refractivity contribution >= 4 is 28.2 Å². The number of likely N-dealkylation sites (tertiary alicyclic amines) is 1. The van der Waals surface area contributed by atoms with Gasteiger partial charge in [-0.25, -0.2) is 8.42 Å². The summed E-state index contributed by atoms with van der Waals surface area (Å²) >= 11 is 0. The molecule has 6 nitrogen and oxygen atoms in total. The zero-order valence-electron chi connectivity index (χ0n) is 17.1. The maximum atomic E-state index is 12.5. The van der Waals surface area contributed by atoms with Crippen molar-refractivity contribution in [2.75, 3.05) is 39.5 Å². The molecule has 2 aliphatic rings. The largest absolute Gasteiger partial charge is 0.491 e. The standard InChI is InChI=1S/C21H30N2O4S.ClH/c1-22(2)15-18-14-17-11-12-23(16-20(17)27-18)21(24)10-6-7-13-28(25,26)19-8-4-3-5-9-19;/h3-5,8-9,14,17,20H,6-7,10-13,15-16H2,1-2H3;1H. The van der Waals surface area contributed by atoms with Gasteiger partial charge in [0.05, 0.1) is 23.7 Å². The Morgan fingerprint density at radius 1 is 1.21 bits per heavy atom. The topological polar surface area (TPSA) is 66.9 Å². The van der Waals surface area contributed by atoms with Crippen LogP contribution >= 0.6 is 12.4 Å². The van der Waals surface area contributed by atoms with E-state index in [9.17, 15) is 13.2 Å². The minimum absolute atomic E-state index is 0. The number of likely N-dealkylation sites (N-methyl/N-ethyl adjacent to an activating group) is 1. The molecule has 0 bridgehead atoms. The van der Waals surface area contributed by atoms with E-state index in [2.05, 4.69) is 11.0 Å². The van der Waals surface area contributed by atoms with Gasteiger partial charge in [-0.3, -0.25) is 4.79 Å². The van der Waals surface area contributed by atoms with Gasteiger partial charge < -0.3 is 14.5 Å². The van der Waals surface area contributed by atoms with Crippen molar-refractivity contribution in [2.24, 2.45) is 5.92 Å². The number of nitrogens with zero attached hydrogens (tertiary/aromatic N) is 2. The van der Waals surface area contributed by atoms with Crippen molar-refractivity contribution < 1.29 is 17.9 Å². The number of amides is 1. The van der Waals surface area contributed by atoms with E-state index in [0.29, 0.717) is 36.6 Å². The van der Waals surface area contributed by atoms with Crippen LogP contribution < -0.4 is 0 Å². The molecule has 0 N–H and O–H groups in total. The number of hydrogen-bond acceptors (Lipinski definition) is 5. The lowest BCUT2D eigenvalue weighted by molar-refractivity contribution is -0.135. The molecule has 1 fully saturated rings. The number of ether oxygens (including phenoxy) is 1. The summed E-state index contributed by atoms with van der Waals surface area (Å²) in [5.74, 6) is 1.58. The number of fused-ring (bicyclic) bond motifs is 1. The van der Waals surface area contributed by atoms with Crippen molar-refractivity contribution in [1.82, 2.24) is 9.80 Å². The van der Waals surface area contributed by atoms with E-state index < -0.39 is 9.84 Å². The number of hydrogen-bond donors (Lipinski definition) is 0. The smallest absolute Gasteiger partial charge is 0.222 e. The molecule has 1 saturated heterocycles. The van der Waals surface area contributed by atoms with Crippen molar-refractivity contribution in [2.45, 2.75) is 36.7 Å². The van der Waals surface area contributed by atoms with Crippen LogP contribution in [-0.2, 0) is 19.4 Å². The minimum Gasteiger partial charge on any atom is -0.491 e. The second kappa shape index (κ2) is 10.5. The molecule has 0 spiro atoms. The Kier molecular flexibility index (Phi) is 8.55. The van der Waals surface area contributed by atoms with Crippen molar-refractivity contribution in [3.8, 4) is 0 Å².